The van der Waals surface area contributed by atoms with Gasteiger partial charge in [-0.1, -0.05) is 17.7 Å². The van der Waals surface area contributed by atoms with Crippen molar-refractivity contribution in [1.29, 1.82) is 0 Å². The molecule has 2 unspecified atom stereocenters. The maximum Gasteiger partial charge on any atom is 0.423 e. The third-order valence-corrected chi connectivity index (χ3v) is 2.67. The first-order chi connectivity index (χ1) is 7.60. The van der Waals surface area contributed by atoms with E-state index in [1.165, 1.54) is 0 Å². The van der Waals surface area contributed by atoms with Crippen LogP contribution in [-0.4, -0.2) is 17.3 Å². The molecule has 0 fully saturated rings. The Morgan fingerprint density at radius 2 is 1.88 bits per heavy atom. The maximum absolute atomic E-state index is 13.4. The molecule has 17 heavy (non-hydrogen) atoms. The molecule has 1 aromatic rings. The van der Waals surface area contributed by atoms with E-state index in [1.807, 2.05) is 0 Å². The molecule has 0 aliphatic heterocycles. The van der Waals surface area contributed by atoms with Crippen LogP contribution in [0, 0.1) is 5.82 Å². The van der Waals surface area contributed by atoms with Crippen LogP contribution in [0.15, 0.2) is 18.2 Å². The molecular formula is C10H10ClF4NO. The van der Waals surface area contributed by atoms with Crippen LogP contribution in [0.5, 0.6) is 0 Å². The second-order valence-electron chi connectivity index (χ2n) is 3.68. The Kier molecular flexibility index (Phi) is 3.71. The van der Waals surface area contributed by atoms with Gasteiger partial charge in [0.2, 0.25) is 5.60 Å². The lowest BCUT2D eigenvalue weighted by Gasteiger charge is -2.34. The summed E-state index contributed by atoms with van der Waals surface area (Å²) in [4.78, 5) is 0. The Bertz CT molecular complexity index is 421. The largest absolute Gasteiger partial charge is 0.423 e. The molecule has 2 atom stereocenters. The summed E-state index contributed by atoms with van der Waals surface area (Å²) in [5, 5.41) is 9.57. The molecule has 0 saturated carbocycles. The van der Waals surface area contributed by atoms with Crippen LogP contribution in [0.3, 0.4) is 0 Å². The van der Waals surface area contributed by atoms with Gasteiger partial charge in [-0.2, -0.15) is 13.2 Å². The van der Waals surface area contributed by atoms with Crippen molar-refractivity contribution < 1.29 is 22.7 Å². The summed E-state index contributed by atoms with van der Waals surface area (Å²) in [7, 11) is 0. The fraction of sp³-hybridized carbons (Fsp3) is 0.400. The van der Waals surface area contributed by atoms with Gasteiger partial charge >= 0.3 is 6.18 Å². The first-order valence-corrected chi connectivity index (χ1v) is 4.98. The Balaban J connectivity index is 3.44. The molecule has 0 amide bonds. The number of alkyl halides is 3. The van der Waals surface area contributed by atoms with E-state index in [2.05, 4.69) is 0 Å². The van der Waals surface area contributed by atoms with Crippen molar-refractivity contribution in [2.75, 3.05) is 0 Å². The molecule has 0 aromatic heterocycles. The molecule has 2 nitrogen and oxygen atoms in total. The van der Waals surface area contributed by atoms with E-state index in [4.69, 9.17) is 17.3 Å². The highest BCUT2D eigenvalue weighted by Crippen LogP contribution is 2.42. The second kappa shape index (κ2) is 4.44. The van der Waals surface area contributed by atoms with Gasteiger partial charge in [0, 0.05) is 16.6 Å². The monoisotopic (exact) mass is 271 g/mol. The molecule has 96 valence electrons. The Morgan fingerprint density at radius 1 is 1.35 bits per heavy atom. The molecule has 0 radical (unpaired) electrons. The Hall–Kier alpha value is -0.850. The van der Waals surface area contributed by atoms with Gasteiger partial charge in [-0.15, -0.1) is 0 Å². The quantitative estimate of drug-likeness (QED) is 0.812. The highest BCUT2D eigenvalue weighted by atomic mass is 35.5. The number of nitrogens with two attached hydrogens (primary N) is 1. The van der Waals surface area contributed by atoms with Gasteiger partial charge in [0.05, 0.1) is 0 Å². The molecule has 0 saturated heterocycles. The number of hydrogen-bond acceptors (Lipinski definition) is 2. The van der Waals surface area contributed by atoms with Gasteiger partial charge < -0.3 is 10.8 Å². The zero-order valence-corrected chi connectivity index (χ0v) is 9.48. The van der Waals surface area contributed by atoms with E-state index < -0.39 is 29.2 Å². The molecule has 0 aliphatic carbocycles. The van der Waals surface area contributed by atoms with Gasteiger partial charge in [0.1, 0.15) is 5.82 Å². The predicted molar refractivity (Wildman–Crippen MR) is 55.0 cm³/mol. The molecule has 3 N–H and O–H groups in total. The lowest BCUT2D eigenvalue weighted by molar-refractivity contribution is -0.273. The molecule has 0 spiro atoms. The van der Waals surface area contributed by atoms with E-state index in [1.54, 1.807) is 0 Å². The average molecular weight is 272 g/mol. The van der Waals surface area contributed by atoms with Crippen LogP contribution in [0.2, 0.25) is 5.02 Å². The number of benzene rings is 1. The smallest absolute Gasteiger partial charge is 0.375 e. The highest BCUT2D eigenvalue weighted by Gasteiger charge is 2.58. The van der Waals surface area contributed by atoms with Gasteiger partial charge in [-0.05, 0) is 19.1 Å². The van der Waals surface area contributed by atoms with Gasteiger partial charge in [0.25, 0.3) is 0 Å². The van der Waals surface area contributed by atoms with E-state index in [0.717, 1.165) is 19.1 Å². The van der Waals surface area contributed by atoms with Crippen molar-refractivity contribution in [3.63, 3.8) is 0 Å². The van der Waals surface area contributed by atoms with Crippen molar-refractivity contribution in [2.45, 2.75) is 24.7 Å². The predicted octanol–water partition coefficient (Wildman–Crippen LogP) is 2.58. The van der Waals surface area contributed by atoms with Crippen LogP contribution in [0.4, 0.5) is 17.6 Å². The Labute approximate surface area is 100.0 Å². The zero-order chi connectivity index (χ0) is 13.4. The summed E-state index contributed by atoms with van der Waals surface area (Å²) in [5.74, 6) is -1.25. The molecule has 1 rings (SSSR count). The van der Waals surface area contributed by atoms with Crippen LogP contribution < -0.4 is 5.73 Å². The average Bonchev–Trinajstić information content (AvgIpc) is 2.14. The zero-order valence-electron chi connectivity index (χ0n) is 8.72. The minimum absolute atomic E-state index is 0.0690. The first-order valence-electron chi connectivity index (χ1n) is 4.61. The number of halogens is 5. The number of rotatable bonds is 2. The first kappa shape index (κ1) is 14.2. The van der Waals surface area contributed by atoms with Gasteiger partial charge in [0.15, 0.2) is 0 Å². The topological polar surface area (TPSA) is 46.2 Å². The van der Waals surface area contributed by atoms with Crippen LogP contribution in [-0.2, 0) is 5.60 Å². The summed E-state index contributed by atoms with van der Waals surface area (Å²) < 4.78 is 51.8. The highest BCUT2D eigenvalue weighted by molar-refractivity contribution is 6.30. The van der Waals surface area contributed by atoms with Crippen molar-refractivity contribution in [3.05, 3.63) is 34.6 Å². The van der Waals surface area contributed by atoms with E-state index in [0.29, 0.717) is 6.07 Å². The van der Waals surface area contributed by atoms with Crippen LogP contribution >= 0.6 is 11.6 Å². The fourth-order valence-electron chi connectivity index (χ4n) is 1.45. The minimum atomic E-state index is -5.09. The lowest BCUT2D eigenvalue weighted by Crippen LogP contribution is -2.54. The maximum atomic E-state index is 13.4. The summed E-state index contributed by atoms with van der Waals surface area (Å²) >= 11 is 5.43. The molecule has 0 bridgehead atoms. The van der Waals surface area contributed by atoms with E-state index in [9.17, 15) is 22.7 Å². The summed E-state index contributed by atoms with van der Waals surface area (Å²) in [6.45, 7) is 0.946. The molecular weight excluding hydrogens is 262 g/mol. The third kappa shape index (κ3) is 2.38. The van der Waals surface area contributed by atoms with Crippen molar-refractivity contribution in [3.8, 4) is 0 Å². The lowest BCUT2D eigenvalue weighted by atomic mass is 9.86. The molecule has 1 aromatic carbocycles. The standard InChI is InChI=1S/C10H10ClF4NO/c1-5(16)9(17,10(13,14)15)7-3-2-6(11)4-8(7)12/h2-5,17H,16H2,1H3. The fourth-order valence-corrected chi connectivity index (χ4v) is 1.61. The van der Waals surface area contributed by atoms with Gasteiger partial charge in [-0.25, -0.2) is 4.39 Å². The molecule has 0 aliphatic rings. The third-order valence-electron chi connectivity index (χ3n) is 2.43. The van der Waals surface area contributed by atoms with Crippen LogP contribution in [0.25, 0.3) is 0 Å². The molecule has 7 heteroatoms. The second-order valence-corrected chi connectivity index (χ2v) is 4.11. The van der Waals surface area contributed by atoms with Crippen molar-refractivity contribution in [1.82, 2.24) is 0 Å². The van der Waals surface area contributed by atoms with Crippen molar-refractivity contribution >= 4 is 11.6 Å². The number of hydrogen-bond donors (Lipinski definition) is 2. The van der Waals surface area contributed by atoms with Crippen LogP contribution in [0.1, 0.15) is 12.5 Å². The summed E-state index contributed by atoms with van der Waals surface area (Å²) in [6.07, 6.45) is -5.09. The van der Waals surface area contributed by atoms with Gasteiger partial charge in [-0.3, -0.25) is 0 Å². The Morgan fingerprint density at radius 3 is 2.24 bits per heavy atom. The normalized spacial score (nSPS) is 17.6. The summed E-state index contributed by atoms with van der Waals surface area (Å²) in [6, 6.07) is 0.794. The number of aliphatic hydroxyl groups is 1. The minimum Gasteiger partial charge on any atom is -0.375 e. The SMILES string of the molecule is CC(N)C(O)(c1ccc(Cl)cc1F)C(F)(F)F. The molecule has 0 heterocycles. The van der Waals surface area contributed by atoms with E-state index >= 15 is 0 Å². The van der Waals surface area contributed by atoms with Crippen molar-refractivity contribution in [2.24, 2.45) is 5.73 Å². The summed E-state index contributed by atoms with van der Waals surface area (Å²) in [5.41, 5.74) is 0.743. The van der Waals surface area contributed by atoms with E-state index in [-0.39, 0.29) is 5.02 Å².